The average Bonchev–Trinajstić information content (AvgIpc) is 3.03. The summed E-state index contributed by atoms with van der Waals surface area (Å²) in [6.45, 7) is 0. The van der Waals surface area contributed by atoms with Crippen LogP contribution >= 0.6 is 11.3 Å². The van der Waals surface area contributed by atoms with Crippen LogP contribution in [0.25, 0.3) is 21.5 Å². The normalized spacial score (nSPS) is 12.0. The molecular formula is C13H8F3N3O2S. The molecule has 0 unspecified atom stereocenters. The number of hydrogen-bond acceptors (Lipinski definition) is 4. The molecule has 0 fully saturated rings. The Labute approximate surface area is 125 Å². The van der Waals surface area contributed by atoms with E-state index in [-0.39, 0.29) is 5.01 Å². The second-order valence-electron chi connectivity index (χ2n) is 4.50. The SMILES string of the molecule is Nc1c[nH]c2ccc(-c3nc(C(F)(F)F)c(C(=O)O)s3)cc12. The number of carboxylic acid groups (broad SMARTS) is 1. The van der Waals surface area contributed by atoms with Crippen molar-refractivity contribution in [1.82, 2.24) is 9.97 Å². The van der Waals surface area contributed by atoms with Gasteiger partial charge in [-0.25, -0.2) is 9.78 Å². The number of H-pyrrole nitrogens is 1. The van der Waals surface area contributed by atoms with Crippen LogP contribution in [0.1, 0.15) is 15.4 Å². The third-order valence-electron chi connectivity index (χ3n) is 3.05. The van der Waals surface area contributed by atoms with Crippen molar-refractivity contribution in [2.45, 2.75) is 6.18 Å². The van der Waals surface area contributed by atoms with E-state index in [0.29, 0.717) is 28.0 Å². The predicted octanol–water partition coefficient (Wildman–Crippen LogP) is 3.59. The number of nitrogens with one attached hydrogen (secondary N) is 1. The number of thiazole rings is 1. The standard InChI is InChI=1S/C13H8F3N3O2S/c14-13(15,16)10-9(12(20)21)22-11(19-10)5-1-2-8-6(3-5)7(17)4-18-8/h1-4,18H,17H2,(H,20,21). The summed E-state index contributed by atoms with van der Waals surface area (Å²) in [7, 11) is 0. The summed E-state index contributed by atoms with van der Waals surface area (Å²) < 4.78 is 38.6. The van der Waals surface area contributed by atoms with Crippen LogP contribution in [0.3, 0.4) is 0 Å². The van der Waals surface area contributed by atoms with Crippen molar-refractivity contribution >= 4 is 33.9 Å². The highest BCUT2D eigenvalue weighted by atomic mass is 32.1. The molecule has 0 saturated carbocycles. The van der Waals surface area contributed by atoms with E-state index in [4.69, 9.17) is 10.8 Å². The second kappa shape index (κ2) is 4.73. The number of nitrogen functional groups attached to an aromatic ring is 1. The van der Waals surface area contributed by atoms with Gasteiger partial charge in [-0.1, -0.05) is 0 Å². The molecule has 0 amide bonds. The smallest absolute Gasteiger partial charge is 0.435 e. The fraction of sp³-hybridized carbons (Fsp3) is 0.0769. The van der Waals surface area contributed by atoms with Crippen LogP contribution in [0, 0.1) is 0 Å². The van der Waals surface area contributed by atoms with E-state index in [1.165, 1.54) is 0 Å². The fourth-order valence-electron chi connectivity index (χ4n) is 2.06. The maximum Gasteiger partial charge on any atom is 0.435 e. The summed E-state index contributed by atoms with van der Waals surface area (Å²) in [5.74, 6) is -1.65. The first kappa shape index (κ1) is 14.4. The van der Waals surface area contributed by atoms with Gasteiger partial charge in [-0.3, -0.25) is 0 Å². The Bertz CT molecular complexity index is 882. The van der Waals surface area contributed by atoms with Crippen LogP contribution in [0.15, 0.2) is 24.4 Å². The van der Waals surface area contributed by atoms with Gasteiger partial charge in [0.25, 0.3) is 0 Å². The lowest BCUT2D eigenvalue weighted by Crippen LogP contribution is -2.11. The fourth-order valence-corrected chi connectivity index (χ4v) is 2.98. The minimum atomic E-state index is -4.82. The number of alkyl halides is 3. The third kappa shape index (κ3) is 2.29. The topological polar surface area (TPSA) is 92.0 Å². The minimum absolute atomic E-state index is 0.0211. The number of benzene rings is 1. The molecule has 0 radical (unpaired) electrons. The highest BCUT2D eigenvalue weighted by Gasteiger charge is 2.39. The molecule has 0 aliphatic heterocycles. The quantitative estimate of drug-likeness (QED) is 0.670. The Kier molecular flexibility index (Phi) is 3.10. The summed E-state index contributed by atoms with van der Waals surface area (Å²) in [4.78, 5) is 16.5. The summed E-state index contributed by atoms with van der Waals surface area (Å²) in [5.41, 5.74) is 5.92. The number of fused-ring (bicyclic) bond motifs is 1. The lowest BCUT2D eigenvalue weighted by Gasteiger charge is -2.02. The zero-order chi connectivity index (χ0) is 16.1. The van der Waals surface area contributed by atoms with Gasteiger partial charge in [0.2, 0.25) is 0 Å². The van der Waals surface area contributed by atoms with E-state index in [0.717, 1.165) is 5.52 Å². The van der Waals surface area contributed by atoms with Crippen molar-refractivity contribution in [3.63, 3.8) is 0 Å². The molecule has 3 rings (SSSR count). The monoisotopic (exact) mass is 327 g/mol. The first-order valence-electron chi connectivity index (χ1n) is 5.95. The van der Waals surface area contributed by atoms with Crippen LogP contribution in [0.2, 0.25) is 0 Å². The summed E-state index contributed by atoms with van der Waals surface area (Å²) in [5, 5.41) is 9.53. The number of nitrogens with zero attached hydrogens (tertiary/aromatic N) is 1. The molecule has 0 bridgehead atoms. The zero-order valence-corrected chi connectivity index (χ0v) is 11.5. The van der Waals surface area contributed by atoms with Crippen molar-refractivity contribution in [3.8, 4) is 10.6 Å². The number of aromatic carboxylic acids is 1. The minimum Gasteiger partial charge on any atom is -0.477 e. The molecule has 2 heterocycles. The molecule has 114 valence electrons. The van der Waals surface area contributed by atoms with Gasteiger partial charge in [-0.05, 0) is 18.2 Å². The number of carboxylic acids is 1. The van der Waals surface area contributed by atoms with Gasteiger partial charge in [0.05, 0.1) is 5.69 Å². The molecule has 0 saturated heterocycles. The van der Waals surface area contributed by atoms with Crippen LogP contribution < -0.4 is 5.73 Å². The number of halogens is 3. The number of rotatable bonds is 2. The van der Waals surface area contributed by atoms with E-state index in [1.54, 1.807) is 24.4 Å². The van der Waals surface area contributed by atoms with Crippen molar-refractivity contribution in [2.75, 3.05) is 5.73 Å². The molecule has 0 spiro atoms. The summed E-state index contributed by atoms with van der Waals surface area (Å²) in [6, 6.07) is 4.78. The Morgan fingerprint density at radius 3 is 2.68 bits per heavy atom. The molecule has 1 aromatic carbocycles. The van der Waals surface area contributed by atoms with Crippen LogP contribution in [0.5, 0.6) is 0 Å². The predicted molar refractivity (Wildman–Crippen MR) is 75.8 cm³/mol. The Morgan fingerprint density at radius 1 is 1.36 bits per heavy atom. The largest absolute Gasteiger partial charge is 0.477 e. The molecule has 4 N–H and O–H groups in total. The highest BCUT2D eigenvalue weighted by Crippen LogP contribution is 2.38. The molecule has 2 aromatic heterocycles. The maximum absolute atomic E-state index is 12.9. The second-order valence-corrected chi connectivity index (χ2v) is 5.50. The summed E-state index contributed by atoms with van der Waals surface area (Å²) >= 11 is 0.483. The first-order chi connectivity index (χ1) is 10.3. The number of nitrogens with two attached hydrogens (primary N) is 1. The number of hydrogen-bond donors (Lipinski definition) is 3. The van der Waals surface area contributed by atoms with E-state index in [1.807, 2.05) is 0 Å². The van der Waals surface area contributed by atoms with E-state index in [2.05, 4.69) is 9.97 Å². The van der Waals surface area contributed by atoms with E-state index < -0.39 is 22.7 Å². The van der Waals surface area contributed by atoms with Gasteiger partial charge < -0.3 is 15.8 Å². The number of anilines is 1. The lowest BCUT2D eigenvalue weighted by molar-refractivity contribution is -0.141. The van der Waals surface area contributed by atoms with E-state index in [9.17, 15) is 18.0 Å². The van der Waals surface area contributed by atoms with E-state index >= 15 is 0 Å². The first-order valence-corrected chi connectivity index (χ1v) is 6.77. The van der Waals surface area contributed by atoms with Gasteiger partial charge in [0, 0.05) is 22.7 Å². The number of aromatic nitrogens is 2. The average molecular weight is 327 g/mol. The lowest BCUT2D eigenvalue weighted by atomic mass is 10.1. The van der Waals surface area contributed by atoms with Crippen molar-refractivity contribution in [2.24, 2.45) is 0 Å². The molecule has 5 nitrogen and oxygen atoms in total. The molecule has 0 aliphatic carbocycles. The van der Waals surface area contributed by atoms with Gasteiger partial charge in [-0.15, -0.1) is 11.3 Å². The van der Waals surface area contributed by atoms with Crippen LogP contribution in [0.4, 0.5) is 18.9 Å². The zero-order valence-electron chi connectivity index (χ0n) is 10.7. The summed E-state index contributed by atoms with van der Waals surface area (Å²) in [6.07, 6.45) is -3.25. The molecule has 9 heteroatoms. The molecule has 22 heavy (non-hydrogen) atoms. The number of carbonyl (C=O) groups is 1. The third-order valence-corrected chi connectivity index (χ3v) is 4.14. The van der Waals surface area contributed by atoms with Crippen molar-refractivity contribution < 1.29 is 23.1 Å². The Balaban J connectivity index is 2.18. The highest BCUT2D eigenvalue weighted by molar-refractivity contribution is 7.17. The molecular weight excluding hydrogens is 319 g/mol. The van der Waals surface area contributed by atoms with Crippen LogP contribution in [-0.2, 0) is 6.18 Å². The molecule has 3 aromatic rings. The Morgan fingerprint density at radius 2 is 2.09 bits per heavy atom. The van der Waals surface area contributed by atoms with Gasteiger partial charge in [0.1, 0.15) is 9.88 Å². The molecule has 0 atom stereocenters. The van der Waals surface area contributed by atoms with Gasteiger partial charge in [0.15, 0.2) is 5.69 Å². The Hall–Kier alpha value is -2.55. The van der Waals surface area contributed by atoms with Gasteiger partial charge in [-0.2, -0.15) is 13.2 Å². The number of aromatic amines is 1. The van der Waals surface area contributed by atoms with Crippen LogP contribution in [-0.4, -0.2) is 21.0 Å². The molecule has 0 aliphatic rings. The van der Waals surface area contributed by atoms with Crippen molar-refractivity contribution in [3.05, 3.63) is 35.0 Å². The van der Waals surface area contributed by atoms with Crippen molar-refractivity contribution in [1.29, 1.82) is 0 Å². The van der Waals surface area contributed by atoms with Gasteiger partial charge >= 0.3 is 12.1 Å². The maximum atomic E-state index is 12.9.